The molecule has 2 amide bonds. The minimum absolute atomic E-state index is 0.0719. The van der Waals surface area contributed by atoms with Crippen LogP contribution in [0.4, 0.5) is 18.0 Å². The summed E-state index contributed by atoms with van der Waals surface area (Å²) < 4.78 is 37.9. The van der Waals surface area contributed by atoms with Crippen LogP contribution >= 0.6 is 0 Å². The molecule has 8 heteroatoms. The molecule has 0 aromatic rings. The molecule has 0 bridgehead atoms. The second kappa shape index (κ2) is 8.09. The molecule has 0 saturated carbocycles. The summed E-state index contributed by atoms with van der Waals surface area (Å²) in [5.74, 6) is -2.29. The summed E-state index contributed by atoms with van der Waals surface area (Å²) >= 11 is 0. The first-order valence-electron chi connectivity index (χ1n) is 7.12. The Morgan fingerprint density at radius 2 is 1.95 bits per heavy atom. The summed E-state index contributed by atoms with van der Waals surface area (Å²) in [5.41, 5.74) is 0. The molecule has 0 aromatic heterocycles. The van der Waals surface area contributed by atoms with Crippen LogP contribution in [-0.4, -0.2) is 47.8 Å². The minimum Gasteiger partial charge on any atom is -0.481 e. The lowest BCUT2D eigenvalue weighted by molar-refractivity contribution is -0.184. The van der Waals surface area contributed by atoms with E-state index >= 15 is 0 Å². The van der Waals surface area contributed by atoms with Gasteiger partial charge in [0.25, 0.3) is 0 Å². The Balaban J connectivity index is 2.21. The highest BCUT2D eigenvalue weighted by Crippen LogP contribution is 2.32. The zero-order valence-corrected chi connectivity index (χ0v) is 11.8. The Kier molecular flexibility index (Phi) is 6.77. The number of carbonyl (C=O) groups is 2. The van der Waals surface area contributed by atoms with Crippen LogP contribution in [-0.2, 0) is 4.79 Å². The first-order valence-corrected chi connectivity index (χ1v) is 7.12. The van der Waals surface area contributed by atoms with Gasteiger partial charge < -0.3 is 15.3 Å². The number of aliphatic carboxylic acids is 1. The zero-order valence-electron chi connectivity index (χ0n) is 11.8. The Hall–Kier alpha value is -1.47. The molecule has 1 rings (SSSR count). The van der Waals surface area contributed by atoms with Crippen molar-refractivity contribution in [2.45, 2.75) is 44.7 Å². The maximum atomic E-state index is 12.6. The van der Waals surface area contributed by atoms with Crippen molar-refractivity contribution in [2.75, 3.05) is 19.6 Å². The van der Waals surface area contributed by atoms with Crippen LogP contribution < -0.4 is 5.32 Å². The first kappa shape index (κ1) is 17.6. The maximum Gasteiger partial charge on any atom is 0.393 e. The van der Waals surface area contributed by atoms with E-state index in [-0.39, 0.29) is 19.4 Å². The number of likely N-dealkylation sites (tertiary alicyclic amines) is 1. The normalized spacial score (nSPS) is 19.4. The lowest BCUT2D eigenvalue weighted by atomic mass is 9.98. The fourth-order valence-electron chi connectivity index (χ4n) is 2.31. The predicted molar refractivity (Wildman–Crippen MR) is 69.9 cm³/mol. The average molecular weight is 310 g/mol. The number of halogens is 3. The van der Waals surface area contributed by atoms with Crippen LogP contribution in [0.15, 0.2) is 0 Å². The minimum atomic E-state index is -4.25. The summed E-state index contributed by atoms with van der Waals surface area (Å²) in [7, 11) is 0. The first-order chi connectivity index (χ1) is 9.80. The number of unbranched alkanes of at least 4 members (excludes halogenated alkanes) is 2. The van der Waals surface area contributed by atoms with Gasteiger partial charge in [0.1, 0.15) is 0 Å². The molecule has 122 valence electrons. The van der Waals surface area contributed by atoms with E-state index in [4.69, 9.17) is 5.11 Å². The largest absolute Gasteiger partial charge is 0.481 e. The van der Waals surface area contributed by atoms with E-state index in [1.54, 1.807) is 0 Å². The van der Waals surface area contributed by atoms with E-state index in [0.29, 0.717) is 38.8 Å². The molecule has 2 N–H and O–H groups in total. The Bertz CT molecular complexity index is 361. The summed E-state index contributed by atoms with van der Waals surface area (Å²) in [6, 6.07) is -0.470. The van der Waals surface area contributed by atoms with Crippen molar-refractivity contribution in [2.24, 2.45) is 5.92 Å². The molecule has 1 saturated heterocycles. The van der Waals surface area contributed by atoms with Gasteiger partial charge in [0, 0.05) is 26.1 Å². The van der Waals surface area contributed by atoms with Gasteiger partial charge in [0.15, 0.2) is 0 Å². The fraction of sp³-hybridized carbons (Fsp3) is 0.846. The maximum absolute atomic E-state index is 12.6. The number of rotatable bonds is 6. The monoisotopic (exact) mass is 310 g/mol. The van der Waals surface area contributed by atoms with Gasteiger partial charge in [-0.25, -0.2) is 4.79 Å². The second-order valence-corrected chi connectivity index (χ2v) is 5.26. The highest BCUT2D eigenvalue weighted by molar-refractivity contribution is 5.74. The third kappa shape index (κ3) is 6.68. The van der Waals surface area contributed by atoms with Gasteiger partial charge in [-0.3, -0.25) is 4.79 Å². The number of carboxylic acid groups (broad SMARTS) is 1. The molecule has 1 unspecified atom stereocenters. The van der Waals surface area contributed by atoms with Crippen molar-refractivity contribution >= 4 is 12.0 Å². The summed E-state index contributed by atoms with van der Waals surface area (Å²) in [6.07, 6.45) is -1.92. The number of piperidine rings is 1. The Morgan fingerprint density at radius 1 is 1.24 bits per heavy atom. The van der Waals surface area contributed by atoms with Crippen molar-refractivity contribution in [1.82, 2.24) is 10.2 Å². The average Bonchev–Trinajstić information content (AvgIpc) is 2.41. The summed E-state index contributed by atoms with van der Waals surface area (Å²) in [4.78, 5) is 23.3. The number of carbonyl (C=O) groups excluding carboxylic acids is 1. The number of nitrogens with one attached hydrogen (secondary N) is 1. The van der Waals surface area contributed by atoms with Gasteiger partial charge in [-0.1, -0.05) is 6.42 Å². The third-order valence-electron chi connectivity index (χ3n) is 3.52. The van der Waals surface area contributed by atoms with Crippen molar-refractivity contribution in [3.05, 3.63) is 0 Å². The van der Waals surface area contributed by atoms with Crippen LogP contribution in [0, 0.1) is 5.92 Å². The van der Waals surface area contributed by atoms with Crippen LogP contribution in [0.1, 0.15) is 38.5 Å². The summed E-state index contributed by atoms with van der Waals surface area (Å²) in [5, 5.41) is 11.0. The molecule has 0 aromatic carbocycles. The van der Waals surface area contributed by atoms with Crippen molar-refractivity contribution in [3.8, 4) is 0 Å². The van der Waals surface area contributed by atoms with Gasteiger partial charge in [0.05, 0.1) is 5.92 Å². The molecule has 1 atom stereocenters. The molecule has 1 fully saturated rings. The van der Waals surface area contributed by atoms with E-state index < -0.39 is 24.1 Å². The van der Waals surface area contributed by atoms with Crippen LogP contribution in [0.2, 0.25) is 0 Å². The molecule has 0 radical (unpaired) electrons. The van der Waals surface area contributed by atoms with Crippen molar-refractivity contribution in [3.63, 3.8) is 0 Å². The third-order valence-corrected chi connectivity index (χ3v) is 3.52. The molecule has 5 nitrogen and oxygen atoms in total. The second-order valence-electron chi connectivity index (χ2n) is 5.26. The molecule has 0 spiro atoms. The number of nitrogens with zero attached hydrogens (tertiary/aromatic N) is 1. The van der Waals surface area contributed by atoms with E-state index in [0.717, 1.165) is 0 Å². The Labute approximate surface area is 121 Å². The molecule has 21 heavy (non-hydrogen) atoms. The number of hydrogen-bond acceptors (Lipinski definition) is 2. The Morgan fingerprint density at radius 3 is 2.57 bits per heavy atom. The summed E-state index contributed by atoms with van der Waals surface area (Å²) in [6.45, 7) is 0.414. The molecule has 1 heterocycles. The SMILES string of the molecule is O=C(O)CCCCCNC(=O)N1CCCC(C(F)(F)F)C1. The quantitative estimate of drug-likeness (QED) is 0.741. The van der Waals surface area contributed by atoms with E-state index in [9.17, 15) is 22.8 Å². The standard InChI is InChI=1S/C13H21F3N2O3/c14-13(15,16)10-5-4-8-18(9-10)12(21)17-7-3-1-2-6-11(19)20/h10H,1-9H2,(H,17,21)(H,19,20). The molecule has 0 aliphatic carbocycles. The molecular formula is C13H21F3N2O3. The van der Waals surface area contributed by atoms with Crippen molar-refractivity contribution in [1.29, 1.82) is 0 Å². The van der Waals surface area contributed by atoms with Crippen LogP contribution in [0.5, 0.6) is 0 Å². The van der Waals surface area contributed by atoms with Crippen LogP contribution in [0.3, 0.4) is 0 Å². The highest BCUT2D eigenvalue weighted by atomic mass is 19.4. The molecule has 1 aliphatic rings. The van der Waals surface area contributed by atoms with E-state index in [2.05, 4.69) is 5.32 Å². The number of amides is 2. The smallest absolute Gasteiger partial charge is 0.393 e. The lowest BCUT2D eigenvalue weighted by Gasteiger charge is -2.33. The van der Waals surface area contributed by atoms with Crippen molar-refractivity contribution < 1.29 is 27.9 Å². The number of carboxylic acids is 1. The lowest BCUT2D eigenvalue weighted by Crippen LogP contribution is -2.48. The molecular weight excluding hydrogens is 289 g/mol. The predicted octanol–water partition coefficient (Wildman–Crippen LogP) is 2.62. The fourth-order valence-corrected chi connectivity index (χ4v) is 2.31. The molecule has 1 aliphatic heterocycles. The van der Waals surface area contributed by atoms with Gasteiger partial charge in [-0.2, -0.15) is 13.2 Å². The highest BCUT2D eigenvalue weighted by Gasteiger charge is 2.42. The number of urea groups is 1. The van der Waals surface area contributed by atoms with Gasteiger partial charge in [-0.15, -0.1) is 0 Å². The van der Waals surface area contributed by atoms with Gasteiger partial charge >= 0.3 is 18.2 Å². The van der Waals surface area contributed by atoms with E-state index in [1.165, 1.54) is 4.90 Å². The van der Waals surface area contributed by atoms with Gasteiger partial charge in [-0.05, 0) is 25.7 Å². The number of alkyl halides is 3. The topological polar surface area (TPSA) is 69.6 Å². The van der Waals surface area contributed by atoms with Crippen LogP contribution in [0.25, 0.3) is 0 Å². The zero-order chi connectivity index (χ0) is 15.9. The number of hydrogen-bond donors (Lipinski definition) is 2. The van der Waals surface area contributed by atoms with E-state index in [1.807, 2.05) is 0 Å². The van der Waals surface area contributed by atoms with Gasteiger partial charge in [0.2, 0.25) is 0 Å².